The zero-order valence-electron chi connectivity index (χ0n) is 16.5. The number of ether oxygens (including phenoxy) is 2. The fraction of sp³-hybridized carbons (Fsp3) is 0.400. The average Bonchev–Trinajstić information content (AvgIpc) is 3.44. The summed E-state index contributed by atoms with van der Waals surface area (Å²) < 4.78 is 37.2. The Morgan fingerprint density at radius 3 is 2.70 bits per heavy atom. The van der Waals surface area contributed by atoms with E-state index in [2.05, 4.69) is 10.3 Å². The van der Waals surface area contributed by atoms with E-state index in [-0.39, 0.29) is 29.4 Å². The molecule has 1 atom stereocenters. The maximum Gasteiger partial charge on any atom is 0.244 e. The Morgan fingerprint density at radius 2 is 1.97 bits per heavy atom. The maximum atomic E-state index is 12.5. The number of amides is 1. The van der Waals surface area contributed by atoms with Gasteiger partial charge in [-0.1, -0.05) is 17.8 Å². The average molecular weight is 450 g/mol. The third kappa shape index (κ3) is 4.55. The van der Waals surface area contributed by atoms with Gasteiger partial charge in [-0.15, -0.1) is 0 Å². The molecule has 0 unspecified atom stereocenters. The number of pyridine rings is 1. The van der Waals surface area contributed by atoms with Crippen LogP contribution in [-0.2, 0) is 14.8 Å². The van der Waals surface area contributed by atoms with Crippen LogP contribution in [0.2, 0.25) is 0 Å². The first-order chi connectivity index (χ1) is 14.4. The first kappa shape index (κ1) is 21.0. The van der Waals surface area contributed by atoms with Gasteiger partial charge in [-0.3, -0.25) is 4.79 Å². The molecule has 2 aliphatic rings. The predicted molar refractivity (Wildman–Crippen MR) is 112 cm³/mol. The molecule has 2 aliphatic heterocycles. The van der Waals surface area contributed by atoms with Crippen LogP contribution in [0.15, 0.2) is 46.5 Å². The standard InChI is InChI=1S/C20H23N3O5S2/c1-14(15-4-6-17-18(10-15)28-13-27-17)22-19(24)12-29-20-7-5-16(11-21-20)30(25,26)23-8-2-3-9-23/h4-7,10-11,14H,2-3,8-9,12-13H2,1H3,(H,22,24)/t14-/m1/s1. The summed E-state index contributed by atoms with van der Waals surface area (Å²) in [4.78, 5) is 16.7. The zero-order valence-corrected chi connectivity index (χ0v) is 18.2. The monoisotopic (exact) mass is 449 g/mol. The van der Waals surface area contributed by atoms with Crippen molar-refractivity contribution in [2.24, 2.45) is 0 Å². The Labute approximate surface area is 180 Å². The van der Waals surface area contributed by atoms with Crippen LogP contribution in [0, 0.1) is 0 Å². The minimum Gasteiger partial charge on any atom is -0.454 e. The number of thioether (sulfide) groups is 1. The van der Waals surface area contributed by atoms with Gasteiger partial charge in [0.2, 0.25) is 22.7 Å². The molecule has 4 rings (SSSR count). The summed E-state index contributed by atoms with van der Waals surface area (Å²) >= 11 is 1.26. The molecule has 0 aliphatic carbocycles. The Bertz CT molecular complexity index is 1020. The van der Waals surface area contributed by atoms with E-state index in [0.29, 0.717) is 29.6 Å². The van der Waals surface area contributed by atoms with Gasteiger partial charge in [0.15, 0.2) is 11.5 Å². The van der Waals surface area contributed by atoms with Crippen molar-refractivity contribution in [1.29, 1.82) is 0 Å². The van der Waals surface area contributed by atoms with E-state index in [1.807, 2.05) is 25.1 Å². The van der Waals surface area contributed by atoms with Gasteiger partial charge in [0.25, 0.3) is 0 Å². The Balaban J connectivity index is 1.30. The lowest BCUT2D eigenvalue weighted by molar-refractivity contribution is -0.119. The van der Waals surface area contributed by atoms with Crippen LogP contribution in [0.5, 0.6) is 11.5 Å². The van der Waals surface area contributed by atoms with Crippen LogP contribution in [0.4, 0.5) is 0 Å². The number of aromatic nitrogens is 1. The number of hydrogen-bond acceptors (Lipinski definition) is 7. The molecule has 0 spiro atoms. The smallest absolute Gasteiger partial charge is 0.244 e. The molecule has 30 heavy (non-hydrogen) atoms. The van der Waals surface area contributed by atoms with Crippen molar-refractivity contribution < 1.29 is 22.7 Å². The lowest BCUT2D eigenvalue weighted by atomic mass is 10.1. The molecule has 2 aromatic rings. The molecule has 10 heteroatoms. The Hall–Kier alpha value is -2.30. The number of benzene rings is 1. The molecule has 1 saturated heterocycles. The third-order valence-corrected chi connectivity index (χ3v) is 7.86. The fourth-order valence-corrected chi connectivity index (χ4v) is 5.49. The van der Waals surface area contributed by atoms with Crippen LogP contribution < -0.4 is 14.8 Å². The highest BCUT2D eigenvalue weighted by Crippen LogP contribution is 2.34. The normalized spacial score (nSPS) is 17.1. The molecule has 3 heterocycles. The molecule has 1 aromatic heterocycles. The van der Waals surface area contributed by atoms with Crippen molar-refractivity contribution in [3.8, 4) is 11.5 Å². The van der Waals surface area contributed by atoms with Gasteiger partial charge in [-0.05, 0) is 49.6 Å². The molecular weight excluding hydrogens is 426 g/mol. The molecular formula is C20H23N3O5S2. The SMILES string of the molecule is C[C@@H](NC(=O)CSc1ccc(S(=O)(=O)N2CCCC2)cn1)c1ccc2c(c1)OCO2. The van der Waals surface area contributed by atoms with Crippen LogP contribution in [0.1, 0.15) is 31.4 Å². The predicted octanol–water partition coefficient (Wildman–Crippen LogP) is 2.56. The van der Waals surface area contributed by atoms with Gasteiger partial charge in [0, 0.05) is 19.3 Å². The van der Waals surface area contributed by atoms with E-state index < -0.39 is 10.0 Å². The summed E-state index contributed by atoms with van der Waals surface area (Å²) in [5.41, 5.74) is 0.923. The maximum absolute atomic E-state index is 12.5. The number of rotatable bonds is 7. The van der Waals surface area contributed by atoms with E-state index in [9.17, 15) is 13.2 Å². The molecule has 8 nitrogen and oxygen atoms in total. The highest BCUT2D eigenvalue weighted by molar-refractivity contribution is 7.99. The second kappa shape index (κ2) is 8.83. The summed E-state index contributed by atoms with van der Waals surface area (Å²) in [5.74, 6) is 1.42. The summed E-state index contributed by atoms with van der Waals surface area (Å²) in [7, 11) is -3.47. The summed E-state index contributed by atoms with van der Waals surface area (Å²) in [6, 6.07) is 8.59. The van der Waals surface area contributed by atoms with Crippen molar-refractivity contribution in [1.82, 2.24) is 14.6 Å². The van der Waals surface area contributed by atoms with Gasteiger partial charge < -0.3 is 14.8 Å². The van der Waals surface area contributed by atoms with Crippen LogP contribution in [0.25, 0.3) is 0 Å². The minimum absolute atomic E-state index is 0.138. The second-order valence-electron chi connectivity index (χ2n) is 7.13. The molecule has 1 amide bonds. The number of nitrogens with zero attached hydrogens (tertiary/aromatic N) is 2. The zero-order chi connectivity index (χ0) is 21.1. The van der Waals surface area contributed by atoms with Gasteiger partial charge in [-0.2, -0.15) is 4.31 Å². The van der Waals surface area contributed by atoms with E-state index in [0.717, 1.165) is 18.4 Å². The van der Waals surface area contributed by atoms with E-state index in [1.165, 1.54) is 22.3 Å². The summed E-state index contributed by atoms with van der Waals surface area (Å²) in [5, 5.41) is 3.54. The van der Waals surface area contributed by atoms with Gasteiger partial charge >= 0.3 is 0 Å². The minimum atomic E-state index is -3.47. The van der Waals surface area contributed by atoms with Crippen molar-refractivity contribution in [2.75, 3.05) is 25.6 Å². The third-order valence-electron chi connectivity index (χ3n) is 5.04. The van der Waals surface area contributed by atoms with Gasteiger partial charge in [0.1, 0.15) is 4.90 Å². The number of fused-ring (bicyclic) bond motifs is 1. The summed E-state index contributed by atoms with van der Waals surface area (Å²) in [6.45, 7) is 3.22. The quantitative estimate of drug-likeness (QED) is 0.649. The van der Waals surface area contributed by atoms with E-state index >= 15 is 0 Å². The van der Waals surface area contributed by atoms with Crippen molar-refractivity contribution in [3.63, 3.8) is 0 Å². The fourth-order valence-electron chi connectivity index (χ4n) is 3.37. The Kier molecular flexibility index (Phi) is 6.16. The second-order valence-corrected chi connectivity index (χ2v) is 10.1. The lowest BCUT2D eigenvalue weighted by Crippen LogP contribution is -2.28. The molecule has 1 N–H and O–H groups in total. The molecule has 160 valence electrons. The number of sulfonamides is 1. The largest absolute Gasteiger partial charge is 0.454 e. The molecule has 0 bridgehead atoms. The number of carbonyl (C=O) groups excluding carboxylic acids is 1. The van der Waals surface area contributed by atoms with Gasteiger partial charge in [-0.25, -0.2) is 13.4 Å². The van der Waals surface area contributed by atoms with Crippen molar-refractivity contribution >= 4 is 27.7 Å². The number of nitrogens with one attached hydrogen (secondary N) is 1. The molecule has 0 saturated carbocycles. The first-order valence-electron chi connectivity index (χ1n) is 9.71. The number of carbonyl (C=O) groups is 1. The highest BCUT2D eigenvalue weighted by atomic mass is 32.2. The summed E-state index contributed by atoms with van der Waals surface area (Å²) in [6.07, 6.45) is 3.14. The van der Waals surface area contributed by atoms with Crippen molar-refractivity contribution in [2.45, 2.75) is 35.7 Å². The first-order valence-corrected chi connectivity index (χ1v) is 12.1. The number of hydrogen-bond donors (Lipinski definition) is 1. The topological polar surface area (TPSA) is 97.8 Å². The van der Waals surface area contributed by atoms with Crippen LogP contribution in [-0.4, -0.2) is 49.2 Å². The van der Waals surface area contributed by atoms with Crippen LogP contribution in [0.3, 0.4) is 0 Å². The highest BCUT2D eigenvalue weighted by Gasteiger charge is 2.27. The van der Waals surface area contributed by atoms with Gasteiger partial charge in [0.05, 0.1) is 16.8 Å². The van der Waals surface area contributed by atoms with E-state index in [1.54, 1.807) is 12.1 Å². The Morgan fingerprint density at radius 1 is 1.20 bits per heavy atom. The molecule has 0 radical (unpaired) electrons. The van der Waals surface area contributed by atoms with E-state index in [4.69, 9.17) is 9.47 Å². The van der Waals surface area contributed by atoms with Crippen molar-refractivity contribution in [3.05, 3.63) is 42.1 Å². The lowest BCUT2D eigenvalue weighted by Gasteiger charge is -2.15. The van der Waals surface area contributed by atoms with Crippen LogP contribution >= 0.6 is 11.8 Å². The molecule has 1 aromatic carbocycles. The molecule has 1 fully saturated rings.